The van der Waals surface area contributed by atoms with Gasteiger partial charge in [0.2, 0.25) is 0 Å². The molecule has 0 nitrogen and oxygen atoms in total. The van der Waals surface area contributed by atoms with Crippen molar-refractivity contribution >= 4 is 0 Å². The summed E-state index contributed by atoms with van der Waals surface area (Å²) in [6.07, 6.45) is 6.62. The average Bonchev–Trinajstić information content (AvgIpc) is 1.88. The molecule has 1 aliphatic carbocycles. The fraction of sp³-hybridized carbons (Fsp3) is 0.889. The summed E-state index contributed by atoms with van der Waals surface area (Å²) in [4.78, 5) is 0. The Labute approximate surface area is 62.8 Å². The van der Waals surface area contributed by atoms with Crippen LogP contribution < -0.4 is 0 Å². The van der Waals surface area contributed by atoms with Gasteiger partial charge in [0, 0.05) is 0 Å². The molecule has 0 aliphatic heterocycles. The first-order valence-corrected chi connectivity index (χ1v) is 4.30. The summed E-state index contributed by atoms with van der Waals surface area (Å²) in [7, 11) is 0. The van der Waals surface area contributed by atoms with Crippen molar-refractivity contribution in [2.75, 3.05) is 0 Å². The molecule has 0 aromatic heterocycles. The summed E-state index contributed by atoms with van der Waals surface area (Å²) in [5.74, 6) is 0.671. The van der Waals surface area contributed by atoms with Gasteiger partial charge < -0.3 is 0 Å². The molecule has 2 atom stereocenters. The highest BCUT2D eigenvalue weighted by Gasteiger charge is 2.20. The Balaban J connectivity index is 2.18. The van der Waals surface area contributed by atoms with Crippen LogP contribution >= 0.6 is 0 Å². The van der Waals surface area contributed by atoms with Crippen molar-refractivity contribution in [2.24, 2.45) is 5.92 Å². The maximum Gasteiger partial charge on any atom is 0.104 e. The third kappa shape index (κ3) is 2.28. The minimum absolute atomic E-state index is 0.606. The van der Waals surface area contributed by atoms with Crippen LogP contribution in [-0.4, -0.2) is 6.17 Å². The summed E-state index contributed by atoms with van der Waals surface area (Å²) in [6, 6.07) is 0. The van der Waals surface area contributed by atoms with Crippen molar-refractivity contribution in [1.82, 2.24) is 0 Å². The first-order chi connectivity index (χ1) is 4.83. The zero-order valence-electron chi connectivity index (χ0n) is 6.65. The predicted molar refractivity (Wildman–Crippen MR) is 41.4 cm³/mol. The number of hydrogen-bond acceptors (Lipinski definition) is 0. The van der Waals surface area contributed by atoms with E-state index in [4.69, 9.17) is 0 Å². The van der Waals surface area contributed by atoms with Crippen molar-refractivity contribution in [3.8, 4) is 0 Å². The van der Waals surface area contributed by atoms with Gasteiger partial charge in [-0.2, -0.15) is 0 Å². The highest BCUT2D eigenvalue weighted by molar-refractivity contribution is 4.84. The van der Waals surface area contributed by atoms with E-state index in [0.29, 0.717) is 5.92 Å². The molecule has 0 saturated heterocycles. The van der Waals surface area contributed by atoms with Crippen LogP contribution in [0, 0.1) is 12.3 Å². The Morgan fingerprint density at radius 3 is 3.00 bits per heavy atom. The second-order valence-corrected chi connectivity index (χ2v) is 3.22. The first-order valence-electron chi connectivity index (χ1n) is 4.30. The maximum absolute atomic E-state index is 12.7. The molecular weight excluding hydrogens is 127 g/mol. The number of rotatable bonds is 2. The molecule has 1 heteroatoms. The molecule has 0 N–H and O–H groups in total. The highest BCUT2D eigenvalue weighted by atomic mass is 19.1. The van der Waals surface area contributed by atoms with Crippen molar-refractivity contribution in [1.29, 1.82) is 0 Å². The normalized spacial score (nSPS) is 34.2. The maximum atomic E-state index is 12.7. The average molecular weight is 143 g/mol. The second-order valence-electron chi connectivity index (χ2n) is 3.22. The SMILES string of the molecule is CCCC1CC[CH]C(F)C1. The molecule has 0 aromatic rings. The predicted octanol–water partition coefficient (Wildman–Crippen LogP) is 3.13. The van der Waals surface area contributed by atoms with E-state index in [9.17, 15) is 4.39 Å². The van der Waals surface area contributed by atoms with Gasteiger partial charge in [-0.05, 0) is 31.6 Å². The molecule has 59 valence electrons. The number of alkyl halides is 1. The minimum atomic E-state index is -0.606. The van der Waals surface area contributed by atoms with Gasteiger partial charge >= 0.3 is 0 Å². The van der Waals surface area contributed by atoms with Gasteiger partial charge in [-0.15, -0.1) is 0 Å². The Kier molecular flexibility index (Phi) is 3.17. The molecule has 10 heavy (non-hydrogen) atoms. The molecule has 0 aromatic carbocycles. The van der Waals surface area contributed by atoms with Crippen LogP contribution in [0.5, 0.6) is 0 Å². The fourth-order valence-electron chi connectivity index (χ4n) is 1.72. The Hall–Kier alpha value is -0.0700. The lowest BCUT2D eigenvalue weighted by molar-refractivity contribution is 0.241. The lowest BCUT2D eigenvalue weighted by Gasteiger charge is -2.23. The van der Waals surface area contributed by atoms with Gasteiger partial charge in [-0.1, -0.05) is 19.8 Å². The molecule has 2 unspecified atom stereocenters. The van der Waals surface area contributed by atoms with Crippen molar-refractivity contribution < 1.29 is 4.39 Å². The molecule has 1 fully saturated rings. The topological polar surface area (TPSA) is 0 Å². The summed E-state index contributed by atoms with van der Waals surface area (Å²) in [5.41, 5.74) is 0. The molecule has 0 amide bonds. The Bertz CT molecular complexity index is 88.7. The Morgan fingerprint density at radius 1 is 1.60 bits per heavy atom. The van der Waals surface area contributed by atoms with Crippen LogP contribution in [0.25, 0.3) is 0 Å². The summed E-state index contributed by atoms with van der Waals surface area (Å²) < 4.78 is 12.7. The van der Waals surface area contributed by atoms with E-state index >= 15 is 0 Å². The molecule has 1 radical (unpaired) electrons. The quantitative estimate of drug-likeness (QED) is 0.557. The number of hydrogen-bond donors (Lipinski definition) is 0. The molecule has 0 bridgehead atoms. The van der Waals surface area contributed by atoms with E-state index in [1.54, 1.807) is 0 Å². The summed E-state index contributed by atoms with van der Waals surface area (Å²) in [5, 5.41) is 0. The fourth-order valence-corrected chi connectivity index (χ4v) is 1.72. The Morgan fingerprint density at radius 2 is 2.40 bits per heavy atom. The molecule has 0 heterocycles. The van der Waals surface area contributed by atoms with E-state index in [1.807, 2.05) is 6.42 Å². The smallest absolute Gasteiger partial charge is 0.104 e. The van der Waals surface area contributed by atoms with Crippen LogP contribution in [0.15, 0.2) is 0 Å². The summed E-state index contributed by atoms with van der Waals surface area (Å²) in [6.45, 7) is 2.17. The van der Waals surface area contributed by atoms with Gasteiger partial charge in [0.1, 0.15) is 6.17 Å². The van der Waals surface area contributed by atoms with E-state index in [-0.39, 0.29) is 0 Å². The van der Waals surface area contributed by atoms with Gasteiger partial charge in [0.05, 0.1) is 0 Å². The third-order valence-electron chi connectivity index (χ3n) is 2.25. The van der Waals surface area contributed by atoms with Crippen LogP contribution in [0.1, 0.15) is 39.0 Å². The van der Waals surface area contributed by atoms with Crippen molar-refractivity contribution in [2.45, 2.75) is 45.2 Å². The standard InChI is InChI=1S/C9H16F/c1-2-4-8-5-3-6-9(10)7-8/h6,8-9H,2-5,7H2,1H3. The zero-order valence-corrected chi connectivity index (χ0v) is 6.65. The van der Waals surface area contributed by atoms with Gasteiger partial charge in [-0.25, -0.2) is 4.39 Å². The highest BCUT2D eigenvalue weighted by Crippen LogP contribution is 2.28. The first kappa shape index (κ1) is 8.03. The van der Waals surface area contributed by atoms with Gasteiger partial charge in [-0.3, -0.25) is 0 Å². The molecule has 1 rings (SSSR count). The van der Waals surface area contributed by atoms with Crippen LogP contribution in [-0.2, 0) is 0 Å². The van der Waals surface area contributed by atoms with Crippen LogP contribution in [0.4, 0.5) is 4.39 Å². The van der Waals surface area contributed by atoms with E-state index < -0.39 is 6.17 Å². The van der Waals surface area contributed by atoms with Crippen molar-refractivity contribution in [3.63, 3.8) is 0 Å². The molecule has 1 saturated carbocycles. The number of halogens is 1. The van der Waals surface area contributed by atoms with Crippen LogP contribution in [0.2, 0.25) is 0 Å². The van der Waals surface area contributed by atoms with E-state index in [0.717, 1.165) is 12.8 Å². The van der Waals surface area contributed by atoms with Crippen LogP contribution in [0.3, 0.4) is 0 Å². The molecule has 1 aliphatic rings. The summed E-state index contributed by atoms with van der Waals surface area (Å²) >= 11 is 0. The molecule has 0 spiro atoms. The lowest BCUT2D eigenvalue weighted by Crippen LogP contribution is -2.16. The van der Waals surface area contributed by atoms with Gasteiger partial charge in [0.25, 0.3) is 0 Å². The second kappa shape index (κ2) is 3.95. The van der Waals surface area contributed by atoms with Crippen molar-refractivity contribution in [3.05, 3.63) is 6.42 Å². The zero-order chi connectivity index (χ0) is 7.40. The third-order valence-corrected chi connectivity index (χ3v) is 2.25. The lowest BCUT2D eigenvalue weighted by atomic mass is 9.85. The largest absolute Gasteiger partial charge is 0.247 e. The van der Waals surface area contributed by atoms with Gasteiger partial charge in [0.15, 0.2) is 0 Å². The van der Waals surface area contributed by atoms with E-state index in [1.165, 1.54) is 19.3 Å². The monoisotopic (exact) mass is 143 g/mol. The minimum Gasteiger partial charge on any atom is -0.247 e. The molecular formula is C9H16F. The van der Waals surface area contributed by atoms with E-state index in [2.05, 4.69) is 6.92 Å².